The third-order valence-electron chi connectivity index (χ3n) is 3.99. The molecule has 1 heterocycles. The Bertz CT molecular complexity index is 375. The predicted molar refractivity (Wildman–Crippen MR) is 74.5 cm³/mol. The van der Waals surface area contributed by atoms with Crippen molar-refractivity contribution in [1.82, 2.24) is 0 Å². The van der Waals surface area contributed by atoms with Crippen molar-refractivity contribution in [3.63, 3.8) is 0 Å². The Balaban J connectivity index is 2.14. The predicted octanol–water partition coefficient (Wildman–Crippen LogP) is 4.52. The molecule has 3 unspecified atom stereocenters. The summed E-state index contributed by atoms with van der Waals surface area (Å²) in [7, 11) is 0. The van der Waals surface area contributed by atoms with Crippen LogP contribution in [0.15, 0.2) is 12.1 Å². The number of aliphatic hydroxyl groups excluding tert-OH is 1. The van der Waals surface area contributed by atoms with Crippen LogP contribution in [0.5, 0.6) is 0 Å². The Morgan fingerprint density at radius 2 is 2.00 bits per heavy atom. The van der Waals surface area contributed by atoms with E-state index in [1.807, 2.05) is 0 Å². The van der Waals surface area contributed by atoms with Crippen LogP contribution in [0, 0.1) is 11.8 Å². The van der Waals surface area contributed by atoms with Crippen molar-refractivity contribution in [3.05, 3.63) is 21.9 Å². The molecule has 0 aromatic carbocycles. The number of hydrogen-bond acceptors (Lipinski definition) is 2. The van der Waals surface area contributed by atoms with Crippen molar-refractivity contribution in [2.24, 2.45) is 11.8 Å². The molecule has 3 atom stereocenters. The Morgan fingerprint density at radius 3 is 2.47 bits per heavy atom. The van der Waals surface area contributed by atoms with Gasteiger partial charge in [-0.15, -0.1) is 11.3 Å². The minimum atomic E-state index is -0.242. The van der Waals surface area contributed by atoms with Crippen LogP contribution < -0.4 is 0 Å². The zero-order valence-electron chi connectivity index (χ0n) is 11.4. The lowest BCUT2D eigenvalue weighted by Crippen LogP contribution is -2.14. The van der Waals surface area contributed by atoms with Crippen LogP contribution in [0.2, 0.25) is 0 Å². The second-order valence-electron chi connectivity index (χ2n) is 6.47. The number of rotatable bonds is 2. The van der Waals surface area contributed by atoms with Crippen LogP contribution in [0.3, 0.4) is 0 Å². The monoisotopic (exact) mass is 252 g/mol. The Kier molecular flexibility index (Phi) is 3.65. The largest absolute Gasteiger partial charge is 0.387 e. The minimum Gasteiger partial charge on any atom is -0.387 e. The summed E-state index contributed by atoms with van der Waals surface area (Å²) in [5.74, 6) is 1.15. The number of hydrogen-bond donors (Lipinski definition) is 1. The molecule has 0 bridgehead atoms. The SMILES string of the molecule is CC1CCCC1C(O)c1ccc(C(C)(C)C)s1. The van der Waals surface area contributed by atoms with Crippen LogP contribution in [0.4, 0.5) is 0 Å². The highest BCUT2D eigenvalue weighted by Gasteiger charge is 2.31. The molecule has 1 aliphatic rings. The van der Waals surface area contributed by atoms with Crippen molar-refractivity contribution in [2.75, 3.05) is 0 Å². The zero-order chi connectivity index (χ0) is 12.6. The summed E-state index contributed by atoms with van der Waals surface area (Å²) >= 11 is 1.79. The molecule has 1 aliphatic carbocycles. The topological polar surface area (TPSA) is 20.2 Å². The maximum Gasteiger partial charge on any atom is 0.0912 e. The standard InChI is InChI=1S/C15H24OS/c1-10-6-5-7-11(10)14(16)12-8-9-13(17-12)15(2,3)4/h8-11,14,16H,5-7H2,1-4H3. The molecule has 1 nitrogen and oxygen atoms in total. The first-order valence-electron chi connectivity index (χ1n) is 6.68. The average Bonchev–Trinajstić information content (AvgIpc) is 2.83. The maximum absolute atomic E-state index is 10.5. The molecule has 0 saturated heterocycles. The smallest absolute Gasteiger partial charge is 0.0912 e. The van der Waals surface area contributed by atoms with Crippen molar-refractivity contribution in [1.29, 1.82) is 0 Å². The molecular formula is C15H24OS. The Labute approximate surface area is 109 Å². The van der Waals surface area contributed by atoms with Gasteiger partial charge < -0.3 is 5.11 Å². The second kappa shape index (κ2) is 4.74. The normalized spacial score (nSPS) is 27.4. The highest BCUT2D eigenvalue weighted by Crippen LogP contribution is 2.42. The molecule has 1 aromatic heterocycles. The molecule has 1 saturated carbocycles. The van der Waals surface area contributed by atoms with Crippen LogP contribution in [-0.2, 0) is 5.41 Å². The van der Waals surface area contributed by atoms with Gasteiger partial charge in [0.15, 0.2) is 0 Å². The van der Waals surface area contributed by atoms with Gasteiger partial charge in [0.05, 0.1) is 6.10 Å². The van der Waals surface area contributed by atoms with E-state index in [2.05, 4.69) is 39.8 Å². The van der Waals surface area contributed by atoms with Crippen LogP contribution in [0.25, 0.3) is 0 Å². The molecular weight excluding hydrogens is 228 g/mol. The van der Waals surface area contributed by atoms with Gasteiger partial charge in [-0.25, -0.2) is 0 Å². The van der Waals surface area contributed by atoms with Crippen molar-refractivity contribution < 1.29 is 5.11 Å². The van der Waals surface area contributed by atoms with Crippen LogP contribution >= 0.6 is 11.3 Å². The fourth-order valence-corrected chi connectivity index (χ4v) is 3.90. The highest BCUT2D eigenvalue weighted by atomic mass is 32.1. The molecule has 1 fully saturated rings. The first-order chi connectivity index (χ1) is 7.89. The van der Waals surface area contributed by atoms with E-state index in [1.165, 1.54) is 24.1 Å². The van der Waals surface area contributed by atoms with Crippen LogP contribution in [-0.4, -0.2) is 5.11 Å². The first kappa shape index (κ1) is 13.1. The van der Waals surface area contributed by atoms with E-state index in [0.717, 1.165) is 4.88 Å². The molecule has 2 rings (SSSR count). The summed E-state index contributed by atoms with van der Waals surface area (Å²) in [6, 6.07) is 4.31. The minimum absolute atomic E-state index is 0.198. The van der Waals surface area contributed by atoms with E-state index in [0.29, 0.717) is 11.8 Å². The first-order valence-corrected chi connectivity index (χ1v) is 7.49. The molecule has 0 aliphatic heterocycles. The lowest BCUT2D eigenvalue weighted by atomic mass is 9.91. The van der Waals surface area contributed by atoms with Crippen LogP contribution in [0.1, 0.15) is 62.8 Å². The number of aliphatic hydroxyl groups is 1. The van der Waals surface area contributed by atoms with Gasteiger partial charge in [0.25, 0.3) is 0 Å². The van der Waals surface area contributed by atoms with Gasteiger partial charge in [0.1, 0.15) is 0 Å². The molecule has 1 aromatic rings. The van der Waals surface area contributed by atoms with Gasteiger partial charge in [0.2, 0.25) is 0 Å². The molecule has 96 valence electrons. The quantitative estimate of drug-likeness (QED) is 0.820. The highest BCUT2D eigenvalue weighted by molar-refractivity contribution is 7.12. The van der Waals surface area contributed by atoms with Crippen molar-refractivity contribution in [2.45, 2.75) is 58.5 Å². The Hall–Kier alpha value is -0.340. The molecule has 0 amide bonds. The lowest BCUT2D eigenvalue weighted by Gasteiger charge is -2.21. The van der Waals surface area contributed by atoms with Gasteiger partial charge in [-0.3, -0.25) is 0 Å². The van der Waals surface area contributed by atoms with E-state index in [9.17, 15) is 5.11 Å². The molecule has 17 heavy (non-hydrogen) atoms. The van der Waals surface area contributed by atoms with E-state index in [-0.39, 0.29) is 11.5 Å². The lowest BCUT2D eigenvalue weighted by molar-refractivity contribution is 0.0932. The van der Waals surface area contributed by atoms with E-state index < -0.39 is 0 Å². The Morgan fingerprint density at radius 1 is 1.29 bits per heavy atom. The maximum atomic E-state index is 10.5. The van der Waals surface area contributed by atoms with Crippen molar-refractivity contribution in [3.8, 4) is 0 Å². The molecule has 0 radical (unpaired) electrons. The summed E-state index contributed by atoms with van der Waals surface area (Å²) < 4.78 is 0. The van der Waals surface area contributed by atoms with Crippen molar-refractivity contribution >= 4 is 11.3 Å². The van der Waals surface area contributed by atoms with E-state index in [4.69, 9.17) is 0 Å². The molecule has 0 spiro atoms. The average molecular weight is 252 g/mol. The fourth-order valence-electron chi connectivity index (χ4n) is 2.77. The number of thiophene rings is 1. The third kappa shape index (κ3) is 2.74. The van der Waals surface area contributed by atoms with Gasteiger partial charge in [-0.05, 0) is 35.8 Å². The molecule has 1 N–H and O–H groups in total. The summed E-state index contributed by atoms with van der Waals surface area (Å²) in [5, 5.41) is 10.5. The van der Waals surface area contributed by atoms with Gasteiger partial charge in [-0.2, -0.15) is 0 Å². The van der Waals surface area contributed by atoms with E-state index >= 15 is 0 Å². The van der Waals surface area contributed by atoms with Gasteiger partial charge in [0, 0.05) is 9.75 Å². The summed E-state index contributed by atoms with van der Waals surface area (Å²) in [5.41, 5.74) is 0.198. The summed E-state index contributed by atoms with van der Waals surface area (Å²) in [6.07, 6.45) is 3.50. The second-order valence-corrected chi connectivity index (χ2v) is 7.58. The van der Waals surface area contributed by atoms with E-state index in [1.54, 1.807) is 11.3 Å². The van der Waals surface area contributed by atoms with Gasteiger partial charge >= 0.3 is 0 Å². The van der Waals surface area contributed by atoms with Gasteiger partial charge in [-0.1, -0.05) is 40.5 Å². The molecule has 2 heteroatoms. The third-order valence-corrected chi connectivity index (χ3v) is 5.57. The fraction of sp³-hybridized carbons (Fsp3) is 0.733. The summed E-state index contributed by atoms with van der Waals surface area (Å²) in [6.45, 7) is 8.97. The zero-order valence-corrected chi connectivity index (χ0v) is 12.2. The summed E-state index contributed by atoms with van der Waals surface area (Å²) in [4.78, 5) is 2.53.